The van der Waals surface area contributed by atoms with E-state index in [0.717, 1.165) is 0 Å². The maximum Gasteiger partial charge on any atom is 0.242 e. The van der Waals surface area contributed by atoms with E-state index in [1.807, 2.05) is 0 Å². The van der Waals surface area contributed by atoms with Gasteiger partial charge in [0.15, 0.2) is 0 Å². The van der Waals surface area contributed by atoms with Crippen molar-refractivity contribution in [2.24, 2.45) is 5.73 Å². The number of anilines is 1. The minimum atomic E-state index is -0.575. The van der Waals surface area contributed by atoms with E-state index in [1.54, 1.807) is 6.92 Å². The highest BCUT2D eigenvalue weighted by atomic mass is 35.5. The number of amides is 1. The lowest BCUT2D eigenvalue weighted by atomic mass is 10.3. The molecule has 70 valence electrons. The summed E-state index contributed by atoms with van der Waals surface area (Å²) in [6, 6.07) is 0.959. The molecule has 0 radical (unpaired) electrons. The van der Waals surface area contributed by atoms with E-state index in [9.17, 15) is 4.79 Å². The molecule has 1 amide bonds. The molecule has 3 N–H and O–H groups in total. The normalized spacial score (nSPS) is 12.2. The molecule has 0 aliphatic heterocycles. The van der Waals surface area contributed by atoms with Gasteiger partial charge >= 0.3 is 0 Å². The molecule has 1 rings (SSSR count). The van der Waals surface area contributed by atoms with E-state index < -0.39 is 6.04 Å². The molecule has 5 nitrogen and oxygen atoms in total. The Labute approximate surface area is 80.3 Å². The number of carbonyl (C=O) groups is 1. The van der Waals surface area contributed by atoms with Crippen LogP contribution >= 0.6 is 11.6 Å². The second-order valence-electron chi connectivity index (χ2n) is 2.49. The number of hydrogen-bond donors (Lipinski definition) is 2. The van der Waals surface area contributed by atoms with Crippen LogP contribution in [0.15, 0.2) is 12.3 Å². The van der Waals surface area contributed by atoms with Gasteiger partial charge in [0.2, 0.25) is 11.2 Å². The van der Waals surface area contributed by atoms with Gasteiger partial charge < -0.3 is 11.1 Å². The summed E-state index contributed by atoms with van der Waals surface area (Å²) in [6.45, 7) is 1.58. The lowest BCUT2D eigenvalue weighted by Crippen LogP contribution is -2.32. The van der Waals surface area contributed by atoms with Gasteiger partial charge in [0.05, 0.1) is 6.04 Å². The van der Waals surface area contributed by atoms with Gasteiger partial charge in [0, 0.05) is 6.20 Å². The number of nitrogens with zero attached hydrogens (tertiary/aromatic N) is 2. The fourth-order valence-corrected chi connectivity index (χ4v) is 0.792. The van der Waals surface area contributed by atoms with Crippen molar-refractivity contribution in [2.75, 3.05) is 5.32 Å². The quantitative estimate of drug-likeness (QED) is 0.678. The van der Waals surface area contributed by atoms with E-state index in [-0.39, 0.29) is 11.2 Å². The molecule has 0 saturated carbocycles. The molecule has 0 aliphatic carbocycles. The topological polar surface area (TPSA) is 80.9 Å². The van der Waals surface area contributed by atoms with Gasteiger partial charge in [-0.3, -0.25) is 4.79 Å². The zero-order valence-electron chi connectivity index (χ0n) is 6.99. The van der Waals surface area contributed by atoms with Gasteiger partial charge in [0.25, 0.3) is 0 Å². The minimum Gasteiger partial charge on any atom is -0.320 e. The standard InChI is InChI=1S/C7H9ClN4O/c1-4(9)6(13)11-5-2-3-10-7(8)12-5/h2-4H,9H2,1H3,(H,10,11,12,13)/t4-/m0/s1. The molecule has 1 aromatic heterocycles. The van der Waals surface area contributed by atoms with Crippen LogP contribution in [0.2, 0.25) is 5.28 Å². The van der Waals surface area contributed by atoms with Crippen molar-refractivity contribution in [3.05, 3.63) is 17.5 Å². The Kier molecular flexibility index (Phi) is 3.16. The molecule has 0 fully saturated rings. The van der Waals surface area contributed by atoms with Crippen molar-refractivity contribution in [2.45, 2.75) is 13.0 Å². The zero-order chi connectivity index (χ0) is 9.84. The SMILES string of the molecule is C[C@H](N)C(=O)Nc1ccnc(Cl)n1. The van der Waals surface area contributed by atoms with E-state index in [4.69, 9.17) is 17.3 Å². The zero-order valence-corrected chi connectivity index (χ0v) is 7.75. The van der Waals surface area contributed by atoms with Crippen molar-refractivity contribution in [1.82, 2.24) is 9.97 Å². The molecule has 13 heavy (non-hydrogen) atoms. The van der Waals surface area contributed by atoms with Gasteiger partial charge in [-0.15, -0.1) is 0 Å². The second kappa shape index (κ2) is 4.15. The van der Waals surface area contributed by atoms with Crippen LogP contribution in [-0.4, -0.2) is 21.9 Å². The fraction of sp³-hybridized carbons (Fsp3) is 0.286. The predicted octanol–water partition coefficient (Wildman–Crippen LogP) is 0.416. The first kappa shape index (κ1) is 9.88. The van der Waals surface area contributed by atoms with Crippen LogP contribution in [0.5, 0.6) is 0 Å². The first-order valence-corrected chi connectivity index (χ1v) is 4.02. The largest absolute Gasteiger partial charge is 0.320 e. The Hall–Kier alpha value is -1.20. The van der Waals surface area contributed by atoms with E-state index >= 15 is 0 Å². The lowest BCUT2D eigenvalue weighted by Gasteiger charge is -2.05. The van der Waals surface area contributed by atoms with Gasteiger partial charge in [-0.25, -0.2) is 9.97 Å². The summed E-state index contributed by atoms with van der Waals surface area (Å²) in [5, 5.41) is 2.57. The first-order valence-electron chi connectivity index (χ1n) is 3.64. The molecule has 1 heterocycles. The van der Waals surface area contributed by atoms with Crippen LogP contribution in [0.3, 0.4) is 0 Å². The van der Waals surface area contributed by atoms with Gasteiger partial charge in [-0.1, -0.05) is 0 Å². The molecule has 0 spiro atoms. The Morgan fingerprint density at radius 1 is 1.77 bits per heavy atom. The van der Waals surface area contributed by atoms with Crippen LogP contribution in [0.4, 0.5) is 5.82 Å². The van der Waals surface area contributed by atoms with Gasteiger partial charge in [0.1, 0.15) is 5.82 Å². The molecular weight excluding hydrogens is 192 g/mol. The molecule has 6 heteroatoms. The van der Waals surface area contributed by atoms with Crippen molar-refractivity contribution in [3.8, 4) is 0 Å². The molecule has 1 aromatic rings. The molecule has 0 aliphatic rings. The number of nitrogens with one attached hydrogen (secondary N) is 1. The summed E-state index contributed by atoms with van der Waals surface area (Å²) in [4.78, 5) is 18.5. The second-order valence-corrected chi connectivity index (χ2v) is 2.83. The van der Waals surface area contributed by atoms with Crippen molar-refractivity contribution < 1.29 is 4.79 Å². The molecule has 1 atom stereocenters. The summed E-state index contributed by atoms with van der Waals surface area (Å²) >= 11 is 5.50. The highest BCUT2D eigenvalue weighted by Gasteiger charge is 2.07. The number of carbonyl (C=O) groups excluding carboxylic acids is 1. The van der Waals surface area contributed by atoms with Crippen LogP contribution in [-0.2, 0) is 4.79 Å². The van der Waals surface area contributed by atoms with Gasteiger partial charge in [-0.2, -0.15) is 0 Å². The average Bonchev–Trinajstić information content (AvgIpc) is 2.04. The van der Waals surface area contributed by atoms with Crippen molar-refractivity contribution in [3.63, 3.8) is 0 Å². The van der Waals surface area contributed by atoms with Crippen LogP contribution in [0.25, 0.3) is 0 Å². The summed E-state index contributed by atoms with van der Waals surface area (Å²) in [5.74, 6) is 0.0390. The summed E-state index contributed by atoms with van der Waals surface area (Å²) in [5.41, 5.74) is 5.33. The van der Waals surface area contributed by atoms with Crippen molar-refractivity contribution in [1.29, 1.82) is 0 Å². The lowest BCUT2D eigenvalue weighted by molar-refractivity contribution is -0.117. The third kappa shape index (κ3) is 2.96. The molecule has 0 saturated heterocycles. The molecular formula is C7H9ClN4O. The maximum atomic E-state index is 11.1. The molecule has 0 aromatic carbocycles. The number of rotatable bonds is 2. The van der Waals surface area contributed by atoms with Crippen LogP contribution in [0.1, 0.15) is 6.92 Å². The van der Waals surface area contributed by atoms with Crippen LogP contribution < -0.4 is 11.1 Å². The fourth-order valence-electron chi connectivity index (χ4n) is 0.645. The van der Waals surface area contributed by atoms with Gasteiger partial charge in [-0.05, 0) is 24.6 Å². The predicted molar refractivity (Wildman–Crippen MR) is 49.3 cm³/mol. The van der Waals surface area contributed by atoms with E-state index in [1.165, 1.54) is 12.3 Å². The Bertz CT molecular complexity index is 315. The minimum absolute atomic E-state index is 0.0856. The summed E-state index contributed by atoms with van der Waals surface area (Å²) < 4.78 is 0. The smallest absolute Gasteiger partial charge is 0.242 e. The molecule has 0 unspecified atom stereocenters. The number of halogens is 1. The highest BCUT2D eigenvalue weighted by molar-refractivity contribution is 6.28. The van der Waals surface area contributed by atoms with E-state index in [2.05, 4.69) is 15.3 Å². The number of nitrogens with two attached hydrogens (primary N) is 1. The summed E-state index contributed by atoms with van der Waals surface area (Å²) in [6.07, 6.45) is 1.45. The van der Waals surface area contributed by atoms with Crippen LogP contribution in [0, 0.1) is 0 Å². The highest BCUT2D eigenvalue weighted by Crippen LogP contribution is 2.05. The van der Waals surface area contributed by atoms with E-state index in [0.29, 0.717) is 5.82 Å². The monoisotopic (exact) mass is 200 g/mol. The maximum absolute atomic E-state index is 11.1. The van der Waals surface area contributed by atoms with Crippen molar-refractivity contribution >= 4 is 23.3 Å². The first-order chi connectivity index (χ1) is 6.09. The average molecular weight is 201 g/mol. The Morgan fingerprint density at radius 3 is 3.00 bits per heavy atom. The Morgan fingerprint density at radius 2 is 2.46 bits per heavy atom. The summed E-state index contributed by atoms with van der Waals surface area (Å²) in [7, 11) is 0. The Balaban J connectivity index is 2.69. The third-order valence-electron chi connectivity index (χ3n) is 1.29. The number of aromatic nitrogens is 2. The molecule has 0 bridgehead atoms. The third-order valence-corrected chi connectivity index (χ3v) is 1.47. The number of hydrogen-bond acceptors (Lipinski definition) is 4.